The highest BCUT2D eigenvalue weighted by molar-refractivity contribution is 5.93. The molecule has 6 N–H and O–H groups in total. The zero-order valence-electron chi connectivity index (χ0n) is 43.0. The number of esters is 2. The lowest BCUT2D eigenvalue weighted by atomic mass is 9.76. The van der Waals surface area contributed by atoms with Crippen molar-refractivity contribution in [2.24, 2.45) is 0 Å². The van der Waals surface area contributed by atoms with Crippen molar-refractivity contribution in [2.45, 2.75) is 82.9 Å². The van der Waals surface area contributed by atoms with Crippen LogP contribution in [-0.4, -0.2) is 102 Å². The van der Waals surface area contributed by atoms with Gasteiger partial charge in [-0.25, -0.2) is 14.2 Å². The van der Waals surface area contributed by atoms with E-state index in [4.69, 9.17) is 19.2 Å². The van der Waals surface area contributed by atoms with E-state index in [0.29, 0.717) is 59.1 Å². The predicted molar refractivity (Wildman–Crippen MR) is 282 cm³/mol. The molecule has 0 bridgehead atoms. The number of amides is 5. The van der Waals surface area contributed by atoms with Crippen molar-refractivity contribution in [1.29, 1.82) is 0 Å². The monoisotopic (exact) mass is 1060 g/mol. The fraction of sp³-hybridized carbons (Fsp3) is 0.328. The van der Waals surface area contributed by atoms with Gasteiger partial charge in [-0.15, -0.1) is 0 Å². The number of cyclic esters (lactones) is 1. The van der Waals surface area contributed by atoms with Crippen LogP contribution >= 0.6 is 0 Å². The zero-order chi connectivity index (χ0) is 55.1. The molecule has 404 valence electrons. The average Bonchev–Trinajstić information content (AvgIpc) is 4.07. The molecule has 4 aromatic carbocycles. The summed E-state index contributed by atoms with van der Waals surface area (Å²) in [6.07, 6.45) is 0.570. The lowest BCUT2D eigenvalue weighted by Crippen LogP contribution is -2.52. The average molecular weight is 1060 g/mol. The summed E-state index contributed by atoms with van der Waals surface area (Å²) in [5, 5.41) is 22.4. The van der Waals surface area contributed by atoms with E-state index >= 15 is 4.39 Å². The number of aliphatic hydroxyl groups excluding tert-OH is 1. The number of hydrogen-bond acceptors (Lipinski definition) is 13. The maximum atomic E-state index is 15.9. The molecule has 20 heteroatoms. The number of alkyl carbamates (subject to hydrolysis) is 1. The maximum Gasteiger partial charge on any atom is 0.407 e. The van der Waals surface area contributed by atoms with Crippen LogP contribution in [0.3, 0.4) is 0 Å². The van der Waals surface area contributed by atoms with Crippen molar-refractivity contribution in [3.63, 3.8) is 0 Å². The van der Waals surface area contributed by atoms with Crippen molar-refractivity contribution >= 4 is 52.6 Å². The standard InChI is InChI=1S/C58H58FN7O12/c1-3-58(2)44-24-48-53-41(29-66(48)55(73)43(44)31-76-56(58)74)39(19-11-12-20-67)40-22-34(45(59)25-46(40)65-53)23-52(71)78-32-63-50(69)26-61-54(72)47(21-33-13-5-4-6-14-33)64-51(70)28-60-49(68)27-62-57(75)77-30-42-37-17-9-7-15-35(37)36-16-8-10-18-38(36)42/h4-10,13-18,22,24-25,42,47,67H,3,11-12,19-21,23,26-32H2,1-2H3,(H,60,68)(H,61,72)(H,62,75)(H,63,69)(H,64,70)/t47-,58+/m0/s1. The number of benzene rings is 4. The largest absolute Gasteiger partial charge is 0.460 e. The number of fused-ring (bicyclic) bond motifs is 8. The smallest absolute Gasteiger partial charge is 0.407 e. The molecule has 78 heavy (non-hydrogen) atoms. The van der Waals surface area contributed by atoms with Gasteiger partial charge < -0.3 is 50.5 Å². The Labute approximate surface area is 447 Å². The van der Waals surface area contributed by atoms with Gasteiger partial charge in [0.05, 0.1) is 53.9 Å². The number of nitrogens with zero attached hydrogens (tertiary/aromatic N) is 2. The Bertz CT molecular complexity index is 3380. The molecule has 0 radical (unpaired) electrons. The Balaban J connectivity index is 0.758. The number of carbonyl (C=O) groups is 7. The predicted octanol–water partition coefficient (Wildman–Crippen LogP) is 4.26. The molecular formula is C58H58FN7O12. The van der Waals surface area contributed by atoms with Crippen LogP contribution in [0.4, 0.5) is 9.18 Å². The molecule has 6 aromatic rings. The molecule has 9 rings (SSSR count). The summed E-state index contributed by atoms with van der Waals surface area (Å²) in [4.78, 5) is 109. The summed E-state index contributed by atoms with van der Waals surface area (Å²) < 4.78 is 33.6. The van der Waals surface area contributed by atoms with Crippen LogP contribution in [0.1, 0.15) is 83.5 Å². The number of nitrogens with one attached hydrogen (secondary N) is 5. The number of carbonyl (C=O) groups excluding carboxylic acids is 7. The highest BCUT2D eigenvalue weighted by atomic mass is 19.1. The molecular weight excluding hydrogens is 1010 g/mol. The Hall–Kier alpha value is -8.78. The first kappa shape index (κ1) is 54.0. The van der Waals surface area contributed by atoms with E-state index in [9.17, 15) is 43.5 Å². The van der Waals surface area contributed by atoms with Crippen molar-refractivity contribution in [3.8, 4) is 22.5 Å². The van der Waals surface area contributed by atoms with Gasteiger partial charge in [-0.1, -0.05) is 85.8 Å². The van der Waals surface area contributed by atoms with Crippen LogP contribution in [0.5, 0.6) is 0 Å². The van der Waals surface area contributed by atoms with Gasteiger partial charge in [0.2, 0.25) is 23.6 Å². The van der Waals surface area contributed by atoms with Crippen LogP contribution in [0.25, 0.3) is 33.4 Å². The minimum absolute atomic E-state index is 0.00922. The third-order valence-electron chi connectivity index (χ3n) is 14.6. The quantitative estimate of drug-likeness (QED) is 0.0255. The third-order valence-corrected chi connectivity index (χ3v) is 14.6. The van der Waals surface area contributed by atoms with E-state index in [0.717, 1.165) is 33.4 Å². The fourth-order valence-electron chi connectivity index (χ4n) is 10.3. The number of ether oxygens (including phenoxy) is 3. The second-order valence-electron chi connectivity index (χ2n) is 19.6. The number of rotatable bonds is 21. The van der Waals surface area contributed by atoms with Gasteiger partial charge in [0, 0.05) is 36.0 Å². The number of hydrogen-bond donors (Lipinski definition) is 6. The van der Waals surface area contributed by atoms with Crippen LogP contribution in [0.15, 0.2) is 102 Å². The minimum Gasteiger partial charge on any atom is -0.460 e. The highest BCUT2D eigenvalue weighted by Crippen LogP contribution is 2.45. The second-order valence-corrected chi connectivity index (χ2v) is 19.6. The minimum atomic E-state index is -1.19. The lowest BCUT2D eigenvalue weighted by molar-refractivity contribution is -0.153. The van der Waals surface area contributed by atoms with Crippen molar-refractivity contribution in [2.75, 3.05) is 39.6 Å². The SMILES string of the molecule is CC[C@@]1(C)C(=O)OCc2c1cc1n(c2=O)Cc2c-1nc1cc(F)c(CC(=O)OCNC(=O)CNC(=O)[C@H](Cc3ccccc3)NC(=O)CNC(=O)CNC(=O)OCC3c4ccccc4-c4ccccc43)cc1c2CCCCO. The van der Waals surface area contributed by atoms with Gasteiger partial charge in [0.15, 0.2) is 6.73 Å². The van der Waals surface area contributed by atoms with Crippen molar-refractivity contribution in [1.82, 2.24) is 36.1 Å². The van der Waals surface area contributed by atoms with Crippen LogP contribution in [0, 0.1) is 5.82 Å². The number of halogens is 1. The molecule has 0 fully saturated rings. The van der Waals surface area contributed by atoms with Crippen molar-refractivity contribution < 1.29 is 57.3 Å². The van der Waals surface area contributed by atoms with E-state index in [1.807, 2.05) is 61.5 Å². The summed E-state index contributed by atoms with van der Waals surface area (Å²) in [6, 6.07) is 27.8. The number of pyridine rings is 2. The summed E-state index contributed by atoms with van der Waals surface area (Å²) in [6.45, 7) is 1.38. The molecule has 0 spiro atoms. The Morgan fingerprint density at radius 2 is 1.50 bits per heavy atom. The molecule has 2 atom stereocenters. The van der Waals surface area contributed by atoms with Gasteiger partial charge in [0.25, 0.3) is 5.56 Å². The number of aliphatic hydroxyl groups is 1. The second kappa shape index (κ2) is 23.6. The van der Waals surface area contributed by atoms with Crippen molar-refractivity contribution in [3.05, 3.63) is 158 Å². The summed E-state index contributed by atoms with van der Waals surface area (Å²) in [7, 11) is 0. The van der Waals surface area contributed by atoms with Crippen LogP contribution in [-0.2, 0) is 80.8 Å². The maximum absolute atomic E-state index is 15.9. The molecule has 1 aliphatic carbocycles. The van der Waals surface area contributed by atoms with E-state index < -0.39 is 91.7 Å². The molecule has 0 saturated carbocycles. The van der Waals surface area contributed by atoms with Gasteiger partial charge in [-0.3, -0.25) is 33.6 Å². The van der Waals surface area contributed by atoms with Gasteiger partial charge >= 0.3 is 18.0 Å². The van der Waals surface area contributed by atoms with Gasteiger partial charge in [-0.05, 0) is 89.2 Å². The molecule has 2 aromatic heterocycles. The van der Waals surface area contributed by atoms with E-state index in [1.54, 1.807) is 41.8 Å². The molecule has 0 saturated heterocycles. The third kappa shape index (κ3) is 11.5. The van der Waals surface area contributed by atoms with E-state index in [2.05, 4.69) is 26.6 Å². The molecule has 2 aliphatic heterocycles. The van der Waals surface area contributed by atoms with E-state index in [1.165, 1.54) is 12.1 Å². The fourth-order valence-corrected chi connectivity index (χ4v) is 10.3. The molecule has 19 nitrogen and oxygen atoms in total. The first-order valence-electron chi connectivity index (χ1n) is 25.8. The Kier molecular flexibility index (Phi) is 16.4. The molecule has 5 amide bonds. The molecule has 4 heterocycles. The van der Waals surface area contributed by atoms with Gasteiger partial charge in [0.1, 0.15) is 31.6 Å². The Morgan fingerprint density at radius 1 is 0.821 bits per heavy atom. The zero-order valence-corrected chi connectivity index (χ0v) is 43.0. The topological polar surface area (TPSA) is 262 Å². The normalized spacial score (nSPS) is 15.1. The van der Waals surface area contributed by atoms with Crippen LogP contribution in [0.2, 0.25) is 0 Å². The summed E-state index contributed by atoms with van der Waals surface area (Å²) >= 11 is 0. The first-order valence-corrected chi connectivity index (χ1v) is 25.8. The Morgan fingerprint density at radius 3 is 2.22 bits per heavy atom. The summed E-state index contributed by atoms with van der Waals surface area (Å²) in [5.74, 6) is -5.12. The number of aryl methyl sites for hydroxylation is 1. The first-order chi connectivity index (χ1) is 37.7. The summed E-state index contributed by atoms with van der Waals surface area (Å²) in [5.41, 5.74) is 7.26. The van der Waals surface area contributed by atoms with E-state index in [-0.39, 0.29) is 55.3 Å². The number of unbranched alkanes of at least 4 members (excludes halogenated alkanes) is 1. The van der Waals surface area contributed by atoms with Crippen LogP contribution < -0.4 is 32.1 Å². The highest BCUT2D eigenvalue weighted by Gasteiger charge is 2.43. The van der Waals surface area contributed by atoms with Gasteiger partial charge in [-0.2, -0.15) is 0 Å². The molecule has 0 unspecified atom stereocenters. The number of aromatic nitrogens is 2. The molecule has 3 aliphatic rings. The lowest BCUT2D eigenvalue weighted by Gasteiger charge is -2.33.